The van der Waals surface area contributed by atoms with Gasteiger partial charge >= 0.3 is 0 Å². The first kappa shape index (κ1) is 15.0. The monoisotopic (exact) mass is 282 g/mol. The van der Waals surface area contributed by atoms with Gasteiger partial charge in [0.15, 0.2) is 0 Å². The Hall–Kier alpha value is -2.01. The summed E-state index contributed by atoms with van der Waals surface area (Å²) in [5.74, 6) is -0.199. The van der Waals surface area contributed by atoms with E-state index in [1.165, 1.54) is 19.1 Å². The average Bonchev–Trinajstić information content (AvgIpc) is 2.39. The Balaban J connectivity index is 2.72. The molecule has 1 N–H and O–H groups in total. The quantitative estimate of drug-likeness (QED) is 0.840. The molecule has 2 amide bonds. The van der Waals surface area contributed by atoms with Crippen molar-refractivity contribution in [1.29, 1.82) is 0 Å². The summed E-state index contributed by atoms with van der Waals surface area (Å²) in [4.78, 5) is 24.3. The van der Waals surface area contributed by atoms with Crippen LogP contribution in [-0.4, -0.2) is 37.4 Å². The molecule has 0 aliphatic carbocycles. The third-order valence-corrected chi connectivity index (χ3v) is 2.60. The van der Waals surface area contributed by atoms with Crippen molar-refractivity contribution < 1.29 is 14.3 Å². The van der Waals surface area contributed by atoms with Crippen molar-refractivity contribution in [3.8, 4) is 5.75 Å². The van der Waals surface area contributed by atoms with Crippen LogP contribution in [0.4, 0.5) is 5.69 Å². The van der Waals surface area contributed by atoms with Gasteiger partial charge in [0.25, 0.3) is 0 Å². The van der Waals surface area contributed by atoms with Gasteiger partial charge in [-0.2, -0.15) is 0 Å². The molecule has 0 heterocycles. The fraction of sp³-hybridized carbons (Fsp3) is 0.231. The summed E-state index contributed by atoms with van der Waals surface area (Å²) in [6.07, 6.45) is 1.15. The van der Waals surface area contributed by atoms with Gasteiger partial charge in [-0.05, 0) is 18.2 Å². The molecule has 1 rings (SSSR count). The maximum Gasteiger partial charge on any atom is 0.246 e. The minimum Gasteiger partial charge on any atom is -0.495 e. The fourth-order valence-electron chi connectivity index (χ4n) is 1.41. The summed E-state index contributed by atoms with van der Waals surface area (Å²) in [5.41, 5.74) is 0.497. The Morgan fingerprint density at radius 2 is 2.21 bits per heavy atom. The number of carbonyl (C=O) groups is 2. The molecular formula is C13H15ClN2O3. The van der Waals surface area contributed by atoms with Crippen LogP contribution in [0, 0.1) is 0 Å². The lowest BCUT2D eigenvalue weighted by atomic mass is 10.3. The van der Waals surface area contributed by atoms with Crippen molar-refractivity contribution in [2.24, 2.45) is 0 Å². The first-order valence-corrected chi connectivity index (χ1v) is 5.86. The number of rotatable bonds is 5. The number of hydrogen-bond acceptors (Lipinski definition) is 3. The van der Waals surface area contributed by atoms with E-state index in [0.717, 1.165) is 6.08 Å². The number of carbonyl (C=O) groups excluding carboxylic acids is 2. The molecule has 5 nitrogen and oxygen atoms in total. The molecule has 0 fully saturated rings. The molecule has 0 aliphatic rings. The third-order valence-electron chi connectivity index (χ3n) is 2.37. The maximum atomic E-state index is 11.8. The van der Waals surface area contributed by atoms with Crippen molar-refractivity contribution in [2.75, 3.05) is 26.0 Å². The van der Waals surface area contributed by atoms with E-state index in [4.69, 9.17) is 16.3 Å². The number of methoxy groups -OCH3 is 1. The van der Waals surface area contributed by atoms with E-state index in [0.29, 0.717) is 16.5 Å². The third kappa shape index (κ3) is 4.30. The van der Waals surface area contributed by atoms with Crippen LogP contribution in [0.3, 0.4) is 0 Å². The molecule has 102 valence electrons. The zero-order valence-corrected chi connectivity index (χ0v) is 11.5. The summed E-state index contributed by atoms with van der Waals surface area (Å²) in [6.45, 7) is 3.28. The van der Waals surface area contributed by atoms with Gasteiger partial charge in [0.2, 0.25) is 11.8 Å². The zero-order chi connectivity index (χ0) is 14.4. The van der Waals surface area contributed by atoms with Crippen LogP contribution in [0.15, 0.2) is 30.9 Å². The molecule has 1 aromatic carbocycles. The van der Waals surface area contributed by atoms with E-state index in [-0.39, 0.29) is 18.4 Å². The Morgan fingerprint density at radius 3 is 2.79 bits per heavy atom. The van der Waals surface area contributed by atoms with Gasteiger partial charge < -0.3 is 15.0 Å². The highest BCUT2D eigenvalue weighted by Gasteiger charge is 2.12. The molecular weight excluding hydrogens is 268 g/mol. The van der Waals surface area contributed by atoms with Crippen molar-refractivity contribution in [3.63, 3.8) is 0 Å². The largest absolute Gasteiger partial charge is 0.495 e. The Labute approximate surface area is 116 Å². The van der Waals surface area contributed by atoms with Crippen LogP contribution in [0.25, 0.3) is 0 Å². The molecule has 0 aromatic heterocycles. The molecule has 1 aromatic rings. The number of halogens is 1. The van der Waals surface area contributed by atoms with Crippen LogP contribution in [0.5, 0.6) is 5.75 Å². The average molecular weight is 283 g/mol. The zero-order valence-electron chi connectivity index (χ0n) is 10.8. The van der Waals surface area contributed by atoms with E-state index in [9.17, 15) is 9.59 Å². The summed E-state index contributed by atoms with van der Waals surface area (Å²) in [5, 5.41) is 3.16. The highest BCUT2D eigenvalue weighted by atomic mass is 35.5. The highest BCUT2D eigenvalue weighted by molar-refractivity contribution is 6.30. The number of nitrogens with one attached hydrogen (secondary N) is 1. The van der Waals surface area contributed by atoms with E-state index < -0.39 is 0 Å². The normalized spacial score (nSPS) is 9.63. The van der Waals surface area contributed by atoms with Crippen LogP contribution in [0.1, 0.15) is 0 Å². The molecule has 0 unspecified atom stereocenters. The van der Waals surface area contributed by atoms with E-state index >= 15 is 0 Å². The molecule has 0 spiro atoms. The molecule has 0 saturated carbocycles. The second-order valence-electron chi connectivity index (χ2n) is 3.79. The summed E-state index contributed by atoms with van der Waals surface area (Å²) < 4.78 is 5.10. The second-order valence-corrected chi connectivity index (χ2v) is 4.23. The van der Waals surface area contributed by atoms with E-state index in [2.05, 4.69) is 11.9 Å². The topological polar surface area (TPSA) is 58.6 Å². The summed E-state index contributed by atoms with van der Waals surface area (Å²) in [7, 11) is 3.00. The highest BCUT2D eigenvalue weighted by Crippen LogP contribution is 2.27. The van der Waals surface area contributed by atoms with Gasteiger partial charge in [-0.15, -0.1) is 0 Å². The summed E-state index contributed by atoms with van der Waals surface area (Å²) in [6, 6.07) is 4.86. The lowest BCUT2D eigenvalue weighted by Crippen LogP contribution is -2.33. The number of likely N-dealkylation sites (N-methyl/N-ethyl adjacent to an activating group) is 1. The Bertz CT molecular complexity index is 503. The number of ether oxygens (including phenoxy) is 1. The van der Waals surface area contributed by atoms with Gasteiger partial charge in [-0.1, -0.05) is 18.2 Å². The van der Waals surface area contributed by atoms with Crippen molar-refractivity contribution >= 4 is 29.1 Å². The Kier molecular flexibility index (Phi) is 5.38. The van der Waals surface area contributed by atoms with E-state index in [1.807, 2.05) is 0 Å². The molecule has 6 heteroatoms. The molecule has 0 radical (unpaired) electrons. The predicted molar refractivity (Wildman–Crippen MR) is 74.5 cm³/mol. The van der Waals surface area contributed by atoms with Crippen LogP contribution >= 0.6 is 11.6 Å². The number of amides is 2. The van der Waals surface area contributed by atoms with Crippen LogP contribution in [-0.2, 0) is 9.59 Å². The fourth-order valence-corrected chi connectivity index (χ4v) is 1.57. The SMILES string of the molecule is C=CC(=O)N(C)CC(=O)Nc1ccc(Cl)cc1OC. The van der Waals surface area contributed by atoms with Crippen LogP contribution < -0.4 is 10.1 Å². The first-order valence-electron chi connectivity index (χ1n) is 5.49. The lowest BCUT2D eigenvalue weighted by molar-refractivity contribution is -0.129. The lowest BCUT2D eigenvalue weighted by Gasteiger charge is -2.15. The number of anilines is 1. The molecule has 19 heavy (non-hydrogen) atoms. The standard InChI is InChI=1S/C13H15ClN2O3/c1-4-13(18)16(2)8-12(17)15-10-6-5-9(14)7-11(10)19-3/h4-7H,1,8H2,2-3H3,(H,15,17). The van der Waals surface area contributed by atoms with Crippen molar-refractivity contribution in [2.45, 2.75) is 0 Å². The molecule has 0 atom stereocenters. The minimum absolute atomic E-state index is 0.0728. The van der Waals surface area contributed by atoms with Crippen molar-refractivity contribution in [3.05, 3.63) is 35.9 Å². The second kappa shape index (κ2) is 6.80. The van der Waals surface area contributed by atoms with Gasteiger partial charge in [0, 0.05) is 18.1 Å². The van der Waals surface area contributed by atoms with E-state index in [1.54, 1.807) is 18.2 Å². The predicted octanol–water partition coefficient (Wildman–Crippen LogP) is 1.93. The molecule has 0 bridgehead atoms. The first-order chi connectivity index (χ1) is 8.97. The van der Waals surface area contributed by atoms with Gasteiger partial charge in [0.1, 0.15) is 5.75 Å². The minimum atomic E-state index is -0.335. The smallest absolute Gasteiger partial charge is 0.246 e. The maximum absolute atomic E-state index is 11.8. The van der Waals surface area contributed by atoms with Gasteiger partial charge in [-0.25, -0.2) is 0 Å². The number of benzene rings is 1. The molecule has 0 saturated heterocycles. The Morgan fingerprint density at radius 1 is 1.53 bits per heavy atom. The van der Waals surface area contributed by atoms with Crippen molar-refractivity contribution in [1.82, 2.24) is 4.90 Å². The van der Waals surface area contributed by atoms with Gasteiger partial charge in [0.05, 0.1) is 19.3 Å². The summed E-state index contributed by atoms with van der Waals surface area (Å²) >= 11 is 5.82. The van der Waals surface area contributed by atoms with Crippen LogP contribution in [0.2, 0.25) is 5.02 Å². The molecule has 0 aliphatic heterocycles. The number of nitrogens with zero attached hydrogens (tertiary/aromatic N) is 1. The van der Waals surface area contributed by atoms with Gasteiger partial charge in [-0.3, -0.25) is 9.59 Å². The number of hydrogen-bond donors (Lipinski definition) is 1.